The molecule has 3 aromatic carbocycles. The number of hydrazine groups is 1. The number of pyridine rings is 1. The molecule has 2 amide bonds. The molecule has 8 N–H and O–H groups in total. The Labute approximate surface area is 548 Å². The van der Waals surface area contributed by atoms with E-state index in [1.807, 2.05) is 32.9 Å². The van der Waals surface area contributed by atoms with E-state index in [2.05, 4.69) is 15.7 Å². The molecule has 0 saturated carbocycles. The number of carboxylic acids is 1. The molecule has 1 saturated heterocycles. The first kappa shape index (κ1) is 80.6. The number of amides is 2. The third-order valence-electron chi connectivity index (χ3n) is 13.3. The van der Waals surface area contributed by atoms with E-state index in [-0.39, 0.29) is 114 Å². The summed E-state index contributed by atoms with van der Waals surface area (Å²) in [6.07, 6.45) is 7.53. The number of esters is 4. The Bertz CT molecular complexity index is 2900. The number of benzene rings is 3. The molecule has 0 aliphatic carbocycles. The Morgan fingerprint density at radius 2 is 0.989 bits per heavy atom. The van der Waals surface area contributed by atoms with Crippen LogP contribution in [0.1, 0.15) is 151 Å². The highest BCUT2D eigenvalue weighted by atomic mass is 33.1. The standard InChI is InChI=1S/C27H35N3O8S2.C18H28N2O4.C18H26O5.C4H8O/c1-18(14-20(16-23(32)38-27(2,3)4)15-19-7-9-21(31)10-8-19)25(34)29-17-24(33)37-12-13-39-40-26-22(30(35)36)6-5-11-28-26;1-12(17(23)20-19)9-14(11-16(22)24-18(2,3)4)10-13-5-7-15(21)8-6-13;1-12(17(21)22)9-14(11-16(20)23-18(2,3)4)10-13-5-7-15(19)8-6-13;1-2-4-5-3-1/h5-11,18,20,31H,12-17H2,1-4H3,(H,29,34);5-8,12,14,21H,9-11,19H2,1-4H3,(H,20,23);5-8,12,14,19H,9-11H2,1-4H3,(H,21,22);1-4H2/t18-,20+;2*12-,14+;/m000./s1. The number of nitro groups is 1. The number of ether oxygens (including phenoxy) is 5. The quantitative estimate of drug-likeness (QED) is 0.00388. The fourth-order valence-corrected chi connectivity index (χ4v) is 11.0. The smallest absolute Gasteiger partial charge is 0.325 e. The molecule has 4 aromatic rings. The van der Waals surface area contributed by atoms with E-state index in [1.54, 1.807) is 123 Å². The second-order valence-corrected chi connectivity index (χ2v) is 28.0. The van der Waals surface area contributed by atoms with Gasteiger partial charge in [-0.2, -0.15) is 0 Å². The number of aromatic nitrogens is 1. The van der Waals surface area contributed by atoms with Crippen molar-refractivity contribution in [2.45, 2.75) is 176 Å². The number of nitrogens with one attached hydrogen (secondary N) is 2. The van der Waals surface area contributed by atoms with Crippen molar-refractivity contribution in [1.29, 1.82) is 0 Å². The summed E-state index contributed by atoms with van der Waals surface area (Å²) in [6, 6.07) is 23.1. The molecule has 1 fully saturated rings. The Hall–Kier alpha value is -7.48. The minimum Gasteiger partial charge on any atom is -0.508 e. The number of hydrogen-bond acceptors (Lipinski definition) is 21. The minimum absolute atomic E-state index is 0.0586. The molecule has 25 heteroatoms. The van der Waals surface area contributed by atoms with E-state index in [4.69, 9.17) is 34.6 Å². The second-order valence-electron chi connectivity index (χ2n) is 25.6. The number of phenols is 3. The number of phenolic OH excluding ortho intramolecular Hbond substituents is 3. The molecule has 1 aromatic heterocycles. The van der Waals surface area contributed by atoms with Crippen molar-refractivity contribution >= 4 is 68.9 Å². The number of carboxylic acid groups (broad SMARTS) is 1. The summed E-state index contributed by atoms with van der Waals surface area (Å²) < 4.78 is 26.3. The summed E-state index contributed by atoms with van der Waals surface area (Å²) in [5.41, 5.74) is 3.18. The number of aromatic hydroxyl groups is 3. The Morgan fingerprint density at radius 3 is 1.33 bits per heavy atom. The van der Waals surface area contributed by atoms with Crippen molar-refractivity contribution in [2.75, 3.05) is 32.1 Å². The van der Waals surface area contributed by atoms with Crippen molar-refractivity contribution in [2.24, 2.45) is 41.4 Å². The number of carbonyl (C=O) groups is 7. The zero-order valence-electron chi connectivity index (χ0n) is 55.2. The van der Waals surface area contributed by atoms with E-state index in [9.17, 15) is 59.0 Å². The Morgan fingerprint density at radius 1 is 0.609 bits per heavy atom. The lowest BCUT2D eigenvalue weighted by molar-refractivity contribution is -0.388. The summed E-state index contributed by atoms with van der Waals surface area (Å²) in [5.74, 6) is 1.32. The maximum atomic E-state index is 12.7. The van der Waals surface area contributed by atoms with Crippen LogP contribution in [0.3, 0.4) is 0 Å². The maximum absolute atomic E-state index is 12.7. The summed E-state index contributed by atoms with van der Waals surface area (Å²) in [7, 11) is 2.38. The van der Waals surface area contributed by atoms with Crippen LogP contribution in [0.25, 0.3) is 0 Å². The Balaban J connectivity index is 0.000000475. The molecule has 0 bridgehead atoms. The molecule has 0 spiro atoms. The van der Waals surface area contributed by atoms with Crippen LogP contribution < -0.4 is 16.6 Å². The number of carbonyl (C=O) groups excluding carboxylic acids is 6. The number of rotatable bonds is 29. The van der Waals surface area contributed by atoms with Crippen LogP contribution in [0.2, 0.25) is 0 Å². The monoisotopic (exact) mass is 1320 g/mol. The van der Waals surface area contributed by atoms with Crippen molar-refractivity contribution in [3.63, 3.8) is 0 Å². The maximum Gasteiger partial charge on any atom is 0.325 e. The van der Waals surface area contributed by atoms with E-state index < -0.39 is 45.5 Å². The van der Waals surface area contributed by atoms with E-state index in [0.29, 0.717) is 44.3 Å². The highest BCUT2D eigenvalue weighted by Crippen LogP contribution is 2.35. The Kier molecular flexibility index (Phi) is 36.1. The van der Waals surface area contributed by atoms with Gasteiger partial charge in [-0.3, -0.25) is 49.1 Å². The second kappa shape index (κ2) is 41.2. The van der Waals surface area contributed by atoms with Gasteiger partial charge in [0.1, 0.15) is 47.2 Å². The first-order valence-corrected chi connectivity index (χ1v) is 33.0. The highest BCUT2D eigenvalue weighted by Gasteiger charge is 2.28. The van der Waals surface area contributed by atoms with Gasteiger partial charge in [-0.05, 0) is 201 Å². The van der Waals surface area contributed by atoms with Gasteiger partial charge in [0.15, 0.2) is 5.03 Å². The third kappa shape index (κ3) is 37.8. The molecular weight excluding hydrogens is 1230 g/mol. The molecule has 1 aliphatic heterocycles. The normalized spacial score (nSPS) is 14.0. The third-order valence-corrected chi connectivity index (χ3v) is 15.5. The van der Waals surface area contributed by atoms with Crippen LogP contribution in [0.15, 0.2) is 96.2 Å². The van der Waals surface area contributed by atoms with Gasteiger partial charge in [-0.25, -0.2) is 10.8 Å². The van der Waals surface area contributed by atoms with Gasteiger partial charge in [0.05, 0.1) is 10.8 Å². The molecule has 510 valence electrons. The van der Waals surface area contributed by atoms with Crippen LogP contribution in [0, 0.1) is 45.6 Å². The summed E-state index contributed by atoms with van der Waals surface area (Å²) in [4.78, 5) is 98.7. The lowest BCUT2D eigenvalue weighted by Crippen LogP contribution is -2.36. The predicted molar refractivity (Wildman–Crippen MR) is 352 cm³/mol. The molecule has 23 nitrogen and oxygen atoms in total. The van der Waals surface area contributed by atoms with Crippen LogP contribution in [0.5, 0.6) is 17.2 Å². The van der Waals surface area contributed by atoms with Gasteiger partial charge in [0, 0.05) is 62.3 Å². The van der Waals surface area contributed by atoms with Crippen molar-refractivity contribution in [1.82, 2.24) is 15.7 Å². The first-order chi connectivity index (χ1) is 43.0. The van der Waals surface area contributed by atoms with Gasteiger partial charge in [-0.1, -0.05) is 68.0 Å². The van der Waals surface area contributed by atoms with Crippen LogP contribution >= 0.6 is 21.6 Å². The van der Waals surface area contributed by atoms with Crippen molar-refractivity contribution in [3.05, 3.63) is 118 Å². The van der Waals surface area contributed by atoms with Crippen LogP contribution in [-0.2, 0) is 76.5 Å². The van der Waals surface area contributed by atoms with Gasteiger partial charge >= 0.3 is 35.5 Å². The number of nitrogens with zero attached hydrogens (tertiary/aromatic N) is 2. The van der Waals surface area contributed by atoms with Gasteiger partial charge in [-0.15, -0.1) is 0 Å². The molecule has 5 rings (SSSR count). The highest BCUT2D eigenvalue weighted by molar-refractivity contribution is 8.76. The molecule has 0 unspecified atom stereocenters. The fraction of sp³-hybridized carbons (Fsp3) is 0.552. The van der Waals surface area contributed by atoms with Gasteiger partial charge < -0.3 is 49.4 Å². The van der Waals surface area contributed by atoms with E-state index >= 15 is 0 Å². The fourth-order valence-electron chi connectivity index (χ4n) is 9.19. The zero-order chi connectivity index (χ0) is 69.2. The van der Waals surface area contributed by atoms with Gasteiger partial charge in [0.2, 0.25) is 11.8 Å². The SMILES string of the molecule is C1CCOC1.C[C@@H](C[C@@H](CC(=O)OC(C)(C)C)Cc1ccc(O)cc1)C(=O)NCC(=O)OCCSSc1ncccc1[N+](=O)[O-].C[C@@H](C[C@@H](CC(=O)OC(C)(C)C)Cc1ccc(O)cc1)C(=O)NN.C[C@@H](C[C@@H](CC(=O)OC(C)(C)C)Cc1ccc(O)cc1)C(=O)O. The summed E-state index contributed by atoms with van der Waals surface area (Å²) in [5, 5.41) is 51.2. The summed E-state index contributed by atoms with van der Waals surface area (Å²) in [6.45, 7) is 23.2. The van der Waals surface area contributed by atoms with Crippen LogP contribution in [0.4, 0.5) is 5.69 Å². The molecule has 6 atom stereocenters. The average molecular weight is 1320 g/mol. The van der Waals surface area contributed by atoms with E-state index in [0.717, 1.165) is 40.7 Å². The topological polar surface area (TPSA) is 353 Å². The lowest BCUT2D eigenvalue weighted by atomic mass is 9.87. The zero-order valence-corrected chi connectivity index (χ0v) is 56.9. The molecule has 92 heavy (non-hydrogen) atoms. The number of hydrogen-bond donors (Lipinski definition) is 7. The predicted octanol–water partition coefficient (Wildman–Crippen LogP) is 11.2. The van der Waals surface area contributed by atoms with Crippen LogP contribution in [-0.4, -0.2) is 121 Å². The minimum atomic E-state index is -0.870. The van der Waals surface area contributed by atoms with Crippen molar-refractivity contribution in [3.8, 4) is 17.2 Å². The number of aliphatic carboxylic acids is 1. The van der Waals surface area contributed by atoms with Crippen molar-refractivity contribution < 1.29 is 82.6 Å². The molecular formula is C67H97N5O18S2. The molecule has 1 aliphatic rings. The number of nitrogens with two attached hydrogens (primary N) is 1. The molecule has 2 heterocycles. The largest absolute Gasteiger partial charge is 0.508 e. The van der Waals surface area contributed by atoms with Gasteiger partial charge in [0.25, 0.3) is 0 Å². The summed E-state index contributed by atoms with van der Waals surface area (Å²) >= 11 is 0. The lowest BCUT2D eigenvalue weighted by Gasteiger charge is -2.24. The molecule has 0 radical (unpaired) electrons. The van der Waals surface area contributed by atoms with E-state index in [1.165, 1.54) is 42.0 Å². The first-order valence-electron chi connectivity index (χ1n) is 30.6. The average Bonchev–Trinajstić information content (AvgIpc) is 1.37.